The smallest absolute Gasteiger partial charge is 0.125 e. The molecule has 0 aromatic carbocycles. The molecule has 3 nitrogen and oxygen atoms in total. The summed E-state index contributed by atoms with van der Waals surface area (Å²) in [4.78, 5) is 8.67. The first-order valence-electron chi connectivity index (χ1n) is 7.74. The van der Waals surface area contributed by atoms with Crippen molar-refractivity contribution in [3.05, 3.63) is 23.8 Å². The first-order chi connectivity index (χ1) is 9.27. The summed E-state index contributed by atoms with van der Waals surface area (Å²) in [7, 11) is 2.02. The van der Waals surface area contributed by atoms with Gasteiger partial charge in [-0.1, -0.05) is 51.9 Å². The van der Waals surface area contributed by atoms with Crippen molar-refractivity contribution < 1.29 is 0 Å². The highest BCUT2D eigenvalue weighted by Crippen LogP contribution is 2.18. The molecule has 0 amide bonds. The van der Waals surface area contributed by atoms with E-state index in [0.29, 0.717) is 6.04 Å². The van der Waals surface area contributed by atoms with Gasteiger partial charge < -0.3 is 5.32 Å². The van der Waals surface area contributed by atoms with Crippen LogP contribution in [0.1, 0.15) is 75.9 Å². The Hall–Kier alpha value is -0.960. The molecule has 0 aliphatic carbocycles. The molecule has 1 aromatic heterocycles. The summed E-state index contributed by atoms with van der Waals surface area (Å²) in [5.74, 6) is 0.859. The second-order valence-electron chi connectivity index (χ2n) is 5.28. The van der Waals surface area contributed by atoms with Crippen LogP contribution >= 0.6 is 0 Å². The van der Waals surface area contributed by atoms with Crippen molar-refractivity contribution in [1.82, 2.24) is 15.3 Å². The summed E-state index contributed by atoms with van der Waals surface area (Å²) >= 11 is 0. The second kappa shape index (κ2) is 9.90. The maximum atomic E-state index is 4.51. The molecule has 108 valence electrons. The average molecular weight is 263 g/mol. The number of aromatic nitrogens is 2. The van der Waals surface area contributed by atoms with Gasteiger partial charge in [-0.15, -0.1) is 0 Å². The van der Waals surface area contributed by atoms with Crippen molar-refractivity contribution in [2.45, 2.75) is 71.3 Å². The lowest BCUT2D eigenvalue weighted by atomic mass is 10.0. The number of unbranched alkanes of at least 4 members (excludes halogenated alkanes) is 6. The molecule has 1 unspecified atom stereocenters. The first-order valence-corrected chi connectivity index (χ1v) is 7.74. The lowest BCUT2D eigenvalue weighted by Gasteiger charge is -2.15. The van der Waals surface area contributed by atoms with Crippen LogP contribution in [-0.2, 0) is 0 Å². The van der Waals surface area contributed by atoms with E-state index in [1.54, 1.807) is 0 Å². The molecule has 0 bridgehead atoms. The van der Waals surface area contributed by atoms with Crippen LogP contribution in [0.5, 0.6) is 0 Å². The van der Waals surface area contributed by atoms with Gasteiger partial charge in [0.05, 0.1) is 5.69 Å². The van der Waals surface area contributed by atoms with E-state index in [2.05, 4.69) is 22.2 Å². The minimum atomic E-state index is 0.373. The van der Waals surface area contributed by atoms with E-state index in [9.17, 15) is 0 Å². The van der Waals surface area contributed by atoms with Crippen LogP contribution in [0.25, 0.3) is 0 Å². The zero-order valence-electron chi connectivity index (χ0n) is 12.8. The fourth-order valence-electron chi connectivity index (χ4n) is 2.41. The molecule has 0 saturated carbocycles. The summed E-state index contributed by atoms with van der Waals surface area (Å²) < 4.78 is 0. The summed E-state index contributed by atoms with van der Waals surface area (Å²) in [6, 6.07) is 2.40. The molecule has 1 atom stereocenters. The lowest BCUT2D eigenvalue weighted by molar-refractivity contribution is 0.486. The third kappa shape index (κ3) is 6.67. The van der Waals surface area contributed by atoms with E-state index in [1.165, 1.54) is 51.4 Å². The minimum absolute atomic E-state index is 0.373. The molecule has 0 radical (unpaired) electrons. The molecule has 0 aliphatic rings. The molecular weight excluding hydrogens is 234 g/mol. The highest BCUT2D eigenvalue weighted by molar-refractivity contribution is 5.06. The number of hydrogen-bond donors (Lipinski definition) is 1. The van der Waals surface area contributed by atoms with E-state index in [0.717, 1.165) is 11.5 Å². The van der Waals surface area contributed by atoms with Crippen LogP contribution in [0.3, 0.4) is 0 Å². The summed E-state index contributed by atoms with van der Waals surface area (Å²) in [5.41, 5.74) is 1.13. The minimum Gasteiger partial charge on any atom is -0.312 e. The van der Waals surface area contributed by atoms with Gasteiger partial charge in [-0.3, -0.25) is 0 Å². The highest BCUT2D eigenvalue weighted by Gasteiger charge is 2.10. The van der Waals surface area contributed by atoms with Gasteiger partial charge in [0, 0.05) is 12.2 Å². The van der Waals surface area contributed by atoms with Crippen molar-refractivity contribution in [1.29, 1.82) is 0 Å². The predicted octanol–water partition coefficient (Wildman–Crippen LogP) is 4.19. The lowest BCUT2D eigenvalue weighted by Crippen LogP contribution is -2.18. The SMILES string of the molecule is CCCCCCCCCC(NC)c1ccnc(C)n1. The Balaban J connectivity index is 2.22. The van der Waals surface area contributed by atoms with Gasteiger partial charge in [0.25, 0.3) is 0 Å². The van der Waals surface area contributed by atoms with Crippen molar-refractivity contribution in [3.8, 4) is 0 Å². The van der Waals surface area contributed by atoms with Crippen molar-refractivity contribution in [2.75, 3.05) is 7.05 Å². The molecule has 0 fully saturated rings. The second-order valence-corrected chi connectivity index (χ2v) is 5.28. The van der Waals surface area contributed by atoms with Crippen LogP contribution < -0.4 is 5.32 Å². The van der Waals surface area contributed by atoms with Crippen molar-refractivity contribution >= 4 is 0 Å². The van der Waals surface area contributed by atoms with Gasteiger partial charge in [0.2, 0.25) is 0 Å². The first kappa shape index (κ1) is 16.1. The van der Waals surface area contributed by atoms with E-state index in [4.69, 9.17) is 0 Å². The van der Waals surface area contributed by atoms with E-state index >= 15 is 0 Å². The third-order valence-corrected chi connectivity index (χ3v) is 3.60. The van der Waals surface area contributed by atoms with E-state index in [-0.39, 0.29) is 0 Å². The monoisotopic (exact) mass is 263 g/mol. The van der Waals surface area contributed by atoms with Gasteiger partial charge in [-0.25, -0.2) is 9.97 Å². The molecular formula is C16H29N3. The van der Waals surface area contributed by atoms with Crippen LogP contribution in [0, 0.1) is 6.92 Å². The molecule has 0 aliphatic heterocycles. The molecule has 1 N–H and O–H groups in total. The van der Waals surface area contributed by atoms with Crippen molar-refractivity contribution in [2.24, 2.45) is 0 Å². The number of hydrogen-bond acceptors (Lipinski definition) is 3. The van der Waals surface area contributed by atoms with Crippen LogP contribution in [0.15, 0.2) is 12.3 Å². The maximum absolute atomic E-state index is 4.51. The standard InChI is InChI=1S/C16H29N3/c1-4-5-6-7-8-9-10-11-15(17-3)16-12-13-18-14(2)19-16/h12-13,15,17H,4-11H2,1-3H3. The molecule has 0 spiro atoms. The zero-order valence-corrected chi connectivity index (χ0v) is 12.8. The Morgan fingerprint density at radius 1 is 1.11 bits per heavy atom. The molecule has 1 heterocycles. The van der Waals surface area contributed by atoms with E-state index < -0.39 is 0 Å². The summed E-state index contributed by atoms with van der Waals surface area (Å²) in [6.45, 7) is 4.21. The molecule has 3 heteroatoms. The summed E-state index contributed by atoms with van der Waals surface area (Å²) in [6.07, 6.45) is 12.5. The number of nitrogens with one attached hydrogen (secondary N) is 1. The Morgan fingerprint density at radius 3 is 2.42 bits per heavy atom. The zero-order chi connectivity index (χ0) is 13.9. The molecule has 1 rings (SSSR count). The fourth-order valence-corrected chi connectivity index (χ4v) is 2.41. The Bertz CT molecular complexity index is 339. The van der Waals surface area contributed by atoms with Crippen LogP contribution in [0.2, 0.25) is 0 Å². The van der Waals surface area contributed by atoms with Crippen LogP contribution in [-0.4, -0.2) is 17.0 Å². The van der Waals surface area contributed by atoms with Gasteiger partial charge >= 0.3 is 0 Å². The van der Waals surface area contributed by atoms with Crippen LogP contribution in [0.4, 0.5) is 0 Å². The molecule has 1 aromatic rings. The highest BCUT2D eigenvalue weighted by atomic mass is 14.9. The van der Waals surface area contributed by atoms with E-state index in [1.807, 2.05) is 26.2 Å². The quantitative estimate of drug-likeness (QED) is 0.643. The maximum Gasteiger partial charge on any atom is 0.125 e. The normalized spacial score (nSPS) is 12.6. The van der Waals surface area contributed by atoms with Crippen molar-refractivity contribution in [3.63, 3.8) is 0 Å². The largest absolute Gasteiger partial charge is 0.312 e. The number of aryl methyl sites for hydroxylation is 1. The fraction of sp³-hybridized carbons (Fsp3) is 0.750. The van der Waals surface area contributed by atoms with Gasteiger partial charge in [-0.05, 0) is 26.5 Å². The predicted molar refractivity (Wildman–Crippen MR) is 81.2 cm³/mol. The topological polar surface area (TPSA) is 37.8 Å². The Labute approximate surface area is 118 Å². The van der Waals surface area contributed by atoms with Gasteiger partial charge in [0.15, 0.2) is 0 Å². The number of rotatable bonds is 10. The van der Waals surface area contributed by atoms with Gasteiger partial charge in [-0.2, -0.15) is 0 Å². The summed E-state index contributed by atoms with van der Waals surface area (Å²) in [5, 5.41) is 3.37. The third-order valence-electron chi connectivity index (χ3n) is 3.60. The Morgan fingerprint density at radius 2 is 1.79 bits per heavy atom. The van der Waals surface area contributed by atoms with Gasteiger partial charge in [0.1, 0.15) is 5.82 Å². The number of nitrogens with zero attached hydrogens (tertiary/aromatic N) is 2. The molecule has 19 heavy (non-hydrogen) atoms. The molecule has 0 saturated heterocycles. The Kier molecular flexibility index (Phi) is 8.39. The average Bonchev–Trinajstić information content (AvgIpc) is 2.42.